The van der Waals surface area contributed by atoms with Crippen LogP contribution in [0.15, 0.2) is 11.8 Å². The molecule has 102 valence electrons. The zero-order chi connectivity index (χ0) is 13.9. The standard InChI is InChI=1S/C14H34Si3/c1-15(2,3)12-10-14(17(7,8)9)11-13-16(4,5)6/h10,12,14H,11,13H2,1-9H3/b12-10-. The van der Waals surface area contributed by atoms with Crippen LogP contribution in [0.1, 0.15) is 6.42 Å². The smallest absolute Gasteiger partial charge is 0.0682 e. The first-order chi connectivity index (χ1) is 7.31. The quantitative estimate of drug-likeness (QED) is 0.537. The van der Waals surface area contributed by atoms with Crippen LogP contribution in [0.4, 0.5) is 0 Å². The molecule has 0 amide bonds. The Morgan fingerprint density at radius 2 is 1.29 bits per heavy atom. The van der Waals surface area contributed by atoms with Gasteiger partial charge in [0.15, 0.2) is 0 Å². The van der Waals surface area contributed by atoms with E-state index in [1.807, 2.05) is 0 Å². The van der Waals surface area contributed by atoms with Crippen molar-refractivity contribution in [1.82, 2.24) is 0 Å². The van der Waals surface area contributed by atoms with Crippen LogP contribution >= 0.6 is 0 Å². The Morgan fingerprint density at radius 3 is 1.59 bits per heavy atom. The molecule has 1 atom stereocenters. The van der Waals surface area contributed by atoms with Gasteiger partial charge in [0.1, 0.15) is 0 Å². The summed E-state index contributed by atoms with van der Waals surface area (Å²) in [6, 6.07) is 1.48. The molecule has 1 unspecified atom stereocenters. The molecule has 0 saturated carbocycles. The second kappa shape index (κ2) is 6.02. The second-order valence-corrected chi connectivity index (χ2v) is 25.0. The van der Waals surface area contributed by atoms with E-state index in [0.29, 0.717) is 0 Å². The lowest BCUT2D eigenvalue weighted by atomic mass is 10.3. The Morgan fingerprint density at radius 1 is 0.824 bits per heavy atom. The van der Waals surface area contributed by atoms with Gasteiger partial charge in [-0.25, -0.2) is 0 Å². The summed E-state index contributed by atoms with van der Waals surface area (Å²) in [5, 5.41) is 0. The lowest BCUT2D eigenvalue weighted by Crippen LogP contribution is -2.30. The molecule has 0 aliphatic carbocycles. The van der Waals surface area contributed by atoms with E-state index < -0.39 is 24.2 Å². The maximum absolute atomic E-state index is 2.60. The SMILES string of the molecule is C[Si](C)(C)/C=C\C(CC[Si](C)(C)C)[Si](C)(C)C. The second-order valence-electron chi connectivity index (χ2n) is 8.80. The fourth-order valence-corrected chi connectivity index (χ4v) is 5.96. The van der Waals surface area contributed by atoms with E-state index in [1.54, 1.807) is 0 Å². The van der Waals surface area contributed by atoms with Gasteiger partial charge < -0.3 is 0 Å². The van der Waals surface area contributed by atoms with Gasteiger partial charge in [-0.15, -0.1) is 0 Å². The molecule has 0 N–H and O–H groups in total. The van der Waals surface area contributed by atoms with E-state index in [0.717, 1.165) is 5.54 Å². The topological polar surface area (TPSA) is 0 Å². The molecule has 0 heterocycles. The lowest BCUT2D eigenvalue weighted by molar-refractivity contribution is 0.895. The summed E-state index contributed by atoms with van der Waals surface area (Å²) in [4.78, 5) is 0. The number of rotatable bonds is 6. The zero-order valence-electron chi connectivity index (χ0n) is 13.6. The fourth-order valence-electron chi connectivity index (χ4n) is 1.81. The van der Waals surface area contributed by atoms with Crippen molar-refractivity contribution < 1.29 is 0 Å². The van der Waals surface area contributed by atoms with Gasteiger partial charge in [-0.2, -0.15) is 0 Å². The van der Waals surface area contributed by atoms with Crippen molar-refractivity contribution in [2.75, 3.05) is 0 Å². The molecule has 0 aliphatic rings. The van der Waals surface area contributed by atoms with Gasteiger partial charge >= 0.3 is 0 Å². The summed E-state index contributed by atoms with van der Waals surface area (Å²) in [6.07, 6.45) is 4.03. The maximum atomic E-state index is 2.60. The maximum Gasteiger partial charge on any atom is 0.0682 e. The summed E-state index contributed by atoms with van der Waals surface area (Å²) in [7, 11) is -2.92. The highest BCUT2D eigenvalue weighted by Gasteiger charge is 2.26. The first-order valence-corrected chi connectivity index (χ1v) is 17.9. The van der Waals surface area contributed by atoms with Crippen molar-refractivity contribution in [2.24, 2.45) is 0 Å². The van der Waals surface area contributed by atoms with Crippen molar-refractivity contribution in [1.29, 1.82) is 0 Å². The van der Waals surface area contributed by atoms with Crippen LogP contribution in [-0.4, -0.2) is 24.2 Å². The molecular weight excluding hydrogens is 252 g/mol. The third kappa shape index (κ3) is 10.0. The monoisotopic (exact) mass is 286 g/mol. The van der Waals surface area contributed by atoms with Gasteiger partial charge in [-0.3, -0.25) is 0 Å². The summed E-state index contributed by atoms with van der Waals surface area (Å²) in [6.45, 7) is 22.4. The molecule has 17 heavy (non-hydrogen) atoms. The number of allylic oxidation sites excluding steroid dienone is 1. The number of hydrogen-bond acceptors (Lipinski definition) is 0. The van der Waals surface area contributed by atoms with E-state index in [1.165, 1.54) is 12.5 Å². The molecule has 0 aromatic carbocycles. The molecule has 0 fully saturated rings. The summed E-state index contributed by atoms with van der Waals surface area (Å²) in [5.41, 5.74) is 3.46. The minimum atomic E-state index is -1.03. The van der Waals surface area contributed by atoms with E-state index in [2.05, 4.69) is 70.7 Å². The van der Waals surface area contributed by atoms with Gasteiger partial charge in [0.05, 0.1) is 16.1 Å². The van der Waals surface area contributed by atoms with Gasteiger partial charge in [0, 0.05) is 8.07 Å². The van der Waals surface area contributed by atoms with Crippen LogP contribution in [0.3, 0.4) is 0 Å². The molecule has 0 aliphatic heterocycles. The average molecular weight is 287 g/mol. The Balaban J connectivity index is 4.64. The van der Waals surface area contributed by atoms with Gasteiger partial charge in [0.25, 0.3) is 0 Å². The largest absolute Gasteiger partial charge is 0.0989 e. The Labute approximate surface area is 113 Å². The van der Waals surface area contributed by atoms with Crippen LogP contribution in [0.2, 0.25) is 70.5 Å². The highest BCUT2D eigenvalue weighted by atomic mass is 28.3. The highest BCUT2D eigenvalue weighted by Crippen LogP contribution is 2.31. The van der Waals surface area contributed by atoms with Crippen LogP contribution in [0, 0.1) is 0 Å². The molecule has 0 nitrogen and oxygen atoms in total. The number of hydrogen-bond donors (Lipinski definition) is 0. The first kappa shape index (κ1) is 17.4. The van der Waals surface area contributed by atoms with Gasteiger partial charge in [-0.1, -0.05) is 83.2 Å². The molecule has 3 heteroatoms. The van der Waals surface area contributed by atoms with Crippen molar-refractivity contribution in [2.45, 2.75) is 76.9 Å². The highest BCUT2D eigenvalue weighted by molar-refractivity contribution is 6.82. The van der Waals surface area contributed by atoms with Gasteiger partial charge in [-0.05, 0) is 5.54 Å². The van der Waals surface area contributed by atoms with Crippen molar-refractivity contribution in [3.05, 3.63) is 11.8 Å². The molecule has 0 rings (SSSR count). The Kier molecular flexibility index (Phi) is 6.16. The fraction of sp³-hybridized carbons (Fsp3) is 0.857. The molecule has 0 aromatic rings. The van der Waals surface area contributed by atoms with Crippen molar-refractivity contribution >= 4 is 24.2 Å². The third-order valence-corrected chi connectivity index (χ3v) is 8.83. The molecule has 0 saturated heterocycles. The predicted molar refractivity (Wildman–Crippen MR) is 92.4 cm³/mol. The summed E-state index contributed by atoms with van der Waals surface area (Å²) in [5.74, 6) is 0. The Bertz CT molecular complexity index is 248. The lowest BCUT2D eigenvalue weighted by Gasteiger charge is -2.29. The molecule has 0 aromatic heterocycles. The molecule has 0 radical (unpaired) electrons. The average Bonchev–Trinajstić information content (AvgIpc) is 1.96. The van der Waals surface area contributed by atoms with E-state index in [4.69, 9.17) is 0 Å². The third-order valence-electron chi connectivity index (χ3n) is 3.15. The van der Waals surface area contributed by atoms with Crippen LogP contribution in [0.25, 0.3) is 0 Å². The predicted octanol–water partition coefficient (Wildman–Crippen LogP) is 5.86. The van der Waals surface area contributed by atoms with Crippen molar-refractivity contribution in [3.63, 3.8) is 0 Å². The van der Waals surface area contributed by atoms with E-state index in [-0.39, 0.29) is 0 Å². The minimum absolute atomic E-state index is 0.874. The van der Waals surface area contributed by atoms with Crippen molar-refractivity contribution in [3.8, 4) is 0 Å². The van der Waals surface area contributed by atoms with Crippen LogP contribution < -0.4 is 0 Å². The Hall–Kier alpha value is 0.391. The summed E-state index contributed by atoms with van der Waals surface area (Å²) >= 11 is 0. The summed E-state index contributed by atoms with van der Waals surface area (Å²) < 4.78 is 0. The first-order valence-electron chi connectivity index (χ1n) is 7.01. The van der Waals surface area contributed by atoms with E-state index >= 15 is 0 Å². The van der Waals surface area contributed by atoms with E-state index in [9.17, 15) is 0 Å². The molecule has 0 bridgehead atoms. The van der Waals surface area contributed by atoms with Crippen LogP contribution in [0.5, 0.6) is 0 Å². The molecular formula is C14H34Si3. The normalized spacial score (nSPS) is 16.5. The van der Waals surface area contributed by atoms with Gasteiger partial charge in [0.2, 0.25) is 0 Å². The molecule has 0 spiro atoms. The van der Waals surface area contributed by atoms with Crippen LogP contribution in [-0.2, 0) is 0 Å². The zero-order valence-corrected chi connectivity index (χ0v) is 16.6. The minimum Gasteiger partial charge on any atom is -0.0989 e.